The smallest absolute Gasteiger partial charge is 0.261 e. The number of benzene rings is 2. The van der Waals surface area contributed by atoms with Crippen LogP contribution in [-0.4, -0.2) is 42.6 Å². The molecule has 0 aromatic heterocycles. The van der Waals surface area contributed by atoms with Crippen molar-refractivity contribution in [3.63, 3.8) is 0 Å². The maximum Gasteiger partial charge on any atom is 0.261 e. The third-order valence-electron chi connectivity index (χ3n) is 6.39. The van der Waals surface area contributed by atoms with E-state index in [1.165, 1.54) is 10.5 Å². The van der Waals surface area contributed by atoms with Gasteiger partial charge in [-0.05, 0) is 74.8 Å². The van der Waals surface area contributed by atoms with Crippen molar-refractivity contribution in [1.29, 1.82) is 0 Å². The van der Waals surface area contributed by atoms with E-state index in [4.69, 9.17) is 9.47 Å². The van der Waals surface area contributed by atoms with Crippen molar-refractivity contribution in [2.75, 3.05) is 20.3 Å². The minimum Gasteiger partial charge on any atom is -0.497 e. The van der Waals surface area contributed by atoms with E-state index in [0.717, 1.165) is 31.6 Å². The van der Waals surface area contributed by atoms with Gasteiger partial charge in [-0.3, -0.25) is 14.5 Å². The molecule has 158 valence electrons. The van der Waals surface area contributed by atoms with Gasteiger partial charge in [-0.1, -0.05) is 24.3 Å². The summed E-state index contributed by atoms with van der Waals surface area (Å²) in [4.78, 5) is 27.0. The minimum absolute atomic E-state index is 0.164. The van der Waals surface area contributed by atoms with Gasteiger partial charge in [0.1, 0.15) is 5.75 Å². The van der Waals surface area contributed by atoms with Gasteiger partial charge in [0.05, 0.1) is 23.8 Å². The highest BCUT2D eigenvalue weighted by molar-refractivity contribution is 6.21. The maximum absolute atomic E-state index is 12.8. The zero-order valence-electron chi connectivity index (χ0n) is 17.9. The van der Waals surface area contributed by atoms with Crippen molar-refractivity contribution in [2.45, 2.75) is 44.6 Å². The Kier molecular flexibility index (Phi) is 5.65. The molecule has 0 unspecified atom stereocenters. The molecule has 2 aliphatic rings. The Morgan fingerprint density at radius 2 is 1.70 bits per heavy atom. The molecule has 2 amide bonds. The Labute approximate surface area is 178 Å². The number of hydrogen-bond acceptors (Lipinski definition) is 4. The van der Waals surface area contributed by atoms with Crippen molar-refractivity contribution in [3.8, 4) is 5.75 Å². The fourth-order valence-electron chi connectivity index (χ4n) is 4.86. The molecule has 1 saturated heterocycles. The summed E-state index contributed by atoms with van der Waals surface area (Å²) in [5.41, 5.74) is 2.07. The molecule has 5 nitrogen and oxygen atoms in total. The number of rotatable bonds is 6. The molecule has 0 aliphatic carbocycles. The Balaban J connectivity index is 1.56. The van der Waals surface area contributed by atoms with E-state index in [1.807, 2.05) is 12.1 Å². The highest BCUT2D eigenvalue weighted by Crippen LogP contribution is 2.40. The first-order chi connectivity index (χ1) is 14.4. The number of carbonyl (C=O) groups is 2. The van der Waals surface area contributed by atoms with Gasteiger partial charge < -0.3 is 9.47 Å². The highest BCUT2D eigenvalue weighted by Gasteiger charge is 2.38. The van der Waals surface area contributed by atoms with Crippen LogP contribution in [0.5, 0.6) is 5.75 Å². The van der Waals surface area contributed by atoms with Crippen LogP contribution in [0, 0.1) is 5.92 Å². The first-order valence-electron chi connectivity index (χ1n) is 10.6. The number of ether oxygens (including phenoxy) is 2. The molecule has 1 fully saturated rings. The molecule has 2 aromatic rings. The van der Waals surface area contributed by atoms with E-state index in [2.05, 4.69) is 26.0 Å². The average molecular weight is 408 g/mol. The first-order valence-corrected chi connectivity index (χ1v) is 10.6. The number of imide groups is 1. The van der Waals surface area contributed by atoms with Crippen molar-refractivity contribution >= 4 is 11.8 Å². The highest BCUT2D eigenvalue weighted by atomic mass is 16.5. The first kappa shape index (κ1) is 20.6. The summed E-state index contributed by atoms with van der Waals surface area (Å²) in [6.07, 6.45) is 2.66. The van der Waals surface area contributed by atoms with E-state index in [-0.39, 0.29) is 23.3 Å². The second kappa shape index (κ2) is 8.23. The van der Waals surface area contributed by atoms with Crippen molar-refractivity contribution in [1.82, 2.24) is 4.90 Å². The van der Waals surface area contributed by atoms with Gasteiger partial charge >= 0.3 is 0 Å². The van der Waals surface area contributed by atoms with Crippen LogP contribution in [0.3, 0.4) is 0 Å². The summed E-state index contributed by atoms with van der Waals surface area (Å²) in [5.74, 6) is 1.12. The van der Waals surface area contributed by atoms with Crippen LogP contribution in [0.1, 0.15) is 65.3 Å². The molecule has 2 aliphatic heterocycles. The average Bonchev–Trinajstić information content (AvgIpc) is 2.99. The normalized spacial score (nSPS) is 21.4. The zero-order chi connectivity index (χ0) is 21.3. The van der Waals surface area contributed by atoms with Crippen LogP contribution < -0.4 is 4.74 Å². The summed E-state index contributed by atoms with van der Waals surface area (Å²) in [5, 5.41) is 0. The fraction of sp³-hybridized carbons (Fsp3) is 0.440. The summed E-state index contributed by atoms with van der Waals surface area (Å²) < 4.78 is 11.2. The second-order valence-corrected chi connectivity index (χ2v) is 8.84. The summed E-state index contributed by atoms with van der Waals surface area (Å²) >= 11 is 0. The minimum atomic E-state index is -0.184. The number of hydrogen-bond donors (Lipinski definition) is 0. The monoisotopic (exact) mass is 407 g/mol. The number of fused-ring (bicyclic) bond motifs is 1. The molecule has 2 aromatic carbocycles. The summed E-state index contributed by atoms with van der Waals surface area (Å²) in [6, 6.07) is 15.2. The van der Waals surface area contributed by atoms with Gasteiger partial charge in [-0.25, -0.2) is 0 Å². The predicted molar refractivity (Wildman–Crippen MR) is 115 cm³/mol. The predicted octanol–water partition coefficient (Wildman–Crippen LogP) is 4.67. The molecule has 4 rings (SSSR count). The second-order valence-electron chi connectivity index (χ2n) is 8.84. The lowest BCUT2D eigenvalue weighted by atomic mass is 9.75. The number of nitrogens with zero attached hydrogens (tertiary/aromatic N) is 1. The van der Waals surface area contributed by atoms with Gasteiger partial charge in [0.25, 0.3) is 11.8 Å². The molecular formula is C25H29NO4. The maximum atomic E-state index is 12.8. The Hall–Kier alpha value is -2.66. The number of amides is 2. The standard InChI is InChI=1S/C25H29NO4/c1-25(2)16-18(13-15-30-25)20(17-8-10-19(29-3)11-9-17)12-14-26-23(27)21-6-4-5-7-22(21)24(26)28/h4-11,18,20H,12-16H2,1-3H3/t18-,20+/m0/s1. The molecule has 2 heterocycles. The van der Waals surface area contributed by atoms with Gasteiger partial charge in [-0.2, -0.15) is 0 Å². The van der Waals surface area contributed by atoms with Crippen molar-refractivity contribution in [3.05, 3.63) is 65.2 Å². The zero-order valence-corrected chi connectivity index (χ0v) is 17.9. The Bertz CT molecular complexity index is 899. The third kappa shape index (κ3) is 3.99. The number of methoxy groups -OCH3 is 1. The quantitative estimate of drug-likeness (QED) is 0.653. The van der Waals surface area contributed by atoms with Crippen LogP contribution >= 0.6 is 0 Å². The molecule has 0 bridgehead atoms. The molecular weight excluding hydrogens is 378 g/mol. The summed E-state index contributed by atoms with van der Waals surface area (Å²) in [7, 11) is 1.66. The SMILES string of the molecule is COc1ccc([C@@H](CCN2C(=O)c3ccccc3C2=O)[C@H]2CCOC(C)(C)C2)cc1. The molecule has 2 atom stereocenters. The van der Waals surface area contributed by atoms with E-state index in [1.54, 1.807) is 31.4 Å². The lowest BCUT2D eigenvalue weighted by Gasteiger charge is -2.40. The lowest BCUT2D eigenvalue weighted by molar-refractivity contribution is -0.0774. The topological polar surface area (TPSA) is 55.8 Å². The number of carbonyl (C=O) groups excluding carboxylic acids is 2. The fourth-order valence-corrected chi connectivity index (χ4v) is 4.86. The van der Waals surface area contributed by atoms with E-state index in [9.17, 15) is 9.59 Å². The molecule has 0 saturated carbocycles. The lowest BCUT2D eigenvalue weighted by Crippen LogP contribution is -2.38. The van der Waals surface area contributed by atoms with Crippen LogP contribution in [0.2, 0.25) is 0 Å². The largest absolute Gasteiger partial charge is 0.497 e. The van der Waals surface area contributed by atoms with Crippen LogP contribution in [0.4, 0.5) is 0 Å². The van der Waals surface area contributed by atoms with Crippen LogP contribution in [-0.2, 0) is 4.74 Å². The molecule has 5 heteroatoms. The van der Waals surface area contributed by atoms with Crippen molar-refractivity contribution in [2.24, 2.45) is 5.92 Å². The Morgan fingerprint density at radius 3 is 2.27 bits per heavy atom. The van der Waals surface area contributed by atoms with E-state index >= 15 is 0 Å². The third-order valence-corrected chi connectivity index (χ3v) is 6.39. The molecule has 0 radical (unpaired) electrons. The van der Waals surface area contributed by atoms with E-state index < -0.39 is 0 Å². The van der Waals surface area contributed by atoms with Gasteiger partial charge in [-0.15, -0.1) is 0 Å². The van der Waals surface area contributed by atoms with Crippen molar-refractivity contribution < 1.29 is 19.1 Å². The molecule has 0 spiro atoms. The van der Waals surface area contributed by atoms with E-state index in [0.29, 0.717) is 23.6 Å². The van der Waals surface area contributed by atoms with Crippen LogP contribution in [0.25, 0.3) is 0 Å². The molecule has 30 heavy (non-hydrogen) atoms. The molecule has 0 N–H and O–H groups in total. The summed E-state index contributed by atoms with van der Waals surface area (Å²) in [6.45, 7) is 5.42. The van der Waals surface area contributed by atoms with Gasteiger partial charge in [0.15, 0.2) is 0 Å². The van der Waals surface area contributed by atoms with Gasteiger partial charge in [0.2, 0.25) is 0 Å². The Morgan fingerprint density at radius 1 is 1.07 bits per heavy atom. The van der Waals surface area contributed by atoms with Gasteiger partial charge in [0, 0.05) is 13.2 Å². The van der Waals surface area contributed by atoms with Crippen LogP contribution in [0.15, 0.2) is 48.5 Å².